The van der Waals surface area contributed by atoms with Crippen molar-refractivity contribution in [3.05, 3.63) is 12.7 Å². The molecule has 0 aliphatic heterocycles. The van der Waals surface area contributed by atoms with E-state index in [-0.39, 0.29) is 11.3 Å². The van der Waals surface area contributed by atoms with Gasteiger partial charge >= 0.3 is 0 Å². The molecule has 14 heavy (non-hydrogen) atoms. The van der Waals surface area contributed by atoms with Gasteiger partial charge in [-0.3, -0.25) is 4.79 Å². The number of carbonyl (C=O) groups excluding carboxylic acids is 1. The standard InChI is InChI=1S/C11H21NO2/c1-5-6-8-14-9-7-12-10(13)11(2,3)4/h5H,1,6-9H2,2-4H3,(H,12,13). The van der Waals surface area contributed by atoms with Gasteiger partial charge in [-0.1, -0.05) is 26.8 Å². The molecule has 82 valence electrons. The Bertz CT molecular complexity index is 182. The first-order chi connectivity index (χ1) is 6.48. The lowest BCUT2D eigenvalue weighted by molar-refractivity contribution is -0.128. The highest BCUT2D eigenvalue weighted by molar-refractivity contribution is 5.81. The van der Waals surface area contributed by atoms with E-state index in [0.717, 1.165) is 6.42 Å². The van der Waals surface area contributed by atoms with E-state index in [0.29, 0.717) is 19.8 Å². The van der Waals surface area contributed by atoms with E-state index in [9.17, 15) is 4.79 Å². The molecule has 0 aromatic heterocycles. The molecular weight excluding hydrogens is 178 g/mol. The van der Waals surface area contributed by atoms with Crippen LogP contribution in [0.4, 0.5) is 0 Å². The third-order valence-corrected chi connectivity index (χ3v) is 1.68. The van der Waals surface area contributed by atoms with Crippen LogP contribution in [0.25, 0.3) is 0 Å². The molecule has 0 heterocycles. The number of amides is 1. The normalized spacial score (nSPS) is 11.1. The van der Waals surface area contributed by atoms with Crippen molar-refractivity contribution in [1.29, 1.82) is 0 Å². The number of nitrogens with one attached hydrogen (secondary N) is 1. The van der Waals surface area contributed by atoms with E-state index < -0.39 is 0 Å². The lowest BCUT2D eigenvalue weighted by Gasteiger charge is -2.17. The van der Waals surface area contributed by atoms with Crippen LogP contribution >= 0.6 is 0 Å². The van der Waals surface area contributed by atoms with Crippen LogP contribution in [-0.4, -0.2) is 25.7 Å². The molecule has 0 aromatic carbocycles. The molecule has 0 rings (SSSR count). The van der Waals surface area contributed by atoms with Crippen molar-refractivity contribution in [2.75, 3.05) is 19.8 Å². The molecule has 0 radical (unpaired) electrons. The molecule has 0 atom stereocenters. The maximum absolute atomic E-state index is 11.4. The number of carbonyl (C=O) groups is 1. The highest BCUT2D eigenvalue weighted by atomic mass is 16.5. The second-order valence-electron chi connectivity index (χ2n) is 4.20. The van der Waals surface area contributed by atoms with Crippen molar-refractivity contribution in [3.8, 4) is 0 Å². The Hall–Kier alpha value is -0.830. The van der Waals surface area contributed by atoms with Gasteiger partial charge in [-0.15, -0.1) is 6.58 Å². The van der Waals surface area contributed by atoms with E-state index in [1.165, 1.54) is 0 Å². The summed E-state index contributed by atoms with van der Waals surface area (Å²) in [5.41, 5.74) is -0.318. The van der Waals surface area contributed by atoms with Gasteiger partial charge < -0.3 is 10.1 Å². The smallest absolute Gasteiger partial charge is 0.225 e. The van der Waals surface area contributed by atoms with Gasteiger partial charge in [-0.05, 0) is 6.42 Å². The van der Waals surface area contributed by atoms with Crippen LogP contribution in [0.5, 0.6) is 0 Å². The van der Waals surface area contributed by atoms with Crippen molar-refractivity contribution < 1.29 is 9.53 Å². The largest absolute Gasteiger partial charge is 0.379 e. The van der Waals surface area contributed by atoms with Crippen LogP contribution in [0.3, 0.4) is 0 Å². The Kier molecular flexibility index (Phi) is 6.21. The van der Waals surface area contributed by atoms with Gasteiger partial charge in [0.25, 0.3) is 0 Å². The summed E-state index contributed by atoms with van der Waals surface area (Å²) in [7, 11) is 0. The summed E-state index contributed by atoms with van der Waals surface area (Å²) in [6.07, 6.45) is 2.67. The van der Waals surface area contributed by atoms with Crippen molar-refractivity contribution >= 4 is 5.91 Å². The topological polar surface area (TPSA) is 38.3 Å². The molecule has 0 aromatic rings. The lowest BCUT2D eigenvalue weighted by atomic mass is 9.96. The summed E-state index contributed by atoms with van der Waals surface area (Å²) in [4.78, 5) is 11.4. The summed E-state index contributed by atoms with van der Waals surface area (Å²) in [5.74, 6) is 0.0600. The molecule has 0 saturated carbocycles. The Labute approximate surface area is 86.5 Å². The second kappa shape index (κ2) is 6.60. The average Bonchev–Trinajstić information content (AvgIpc) is 2.09. The van der Waals surface area contributed by atoms with Crippen molar-refractivity contribution in [3.63, 3.8) is 0 Å². The van der Waals surface area contributed by atoms with Gasteiger partial charge in [0.05, 0.1) is 13.2 Å². The van der Waals surface area contributed by atoms with E-state index in [4.69, 9.17) is 4.74 Å². The van der Waals surface area contributed by atoms with E-state index >= 15 is 0 Å². The average molecular weight is 199 g/mol. The van der Waals surface area contributed by atoms with Gasteiger partial charge in [-0.2, -0.15) is 0 Å². The summed E-state index contributed by atoms with van der Waals surface area (Å²) < 4.78 is 5.25. The minimum Gasteiger partial charge on any atom is -0.379 e. The fourth-order valence-electron chi connectivity index (χ4n) is 0.771. The molecule has 1 N–H and O–H groups in total. The van der Waals surface area contributed by atoms with E-state index in [1.807, 2.05) is 26.8 Å². The van der Waals surface area contributed by atoms with Crippen LogP contribution < -0.4 is 5.32 Å². The minimum atomic E-state index is -0.318. The summed E-state index contributed by atoms with van der Waals surface area (Å²) in [6.45, 7) is 11.1. The summed E-state index contributed by atoms with van der Waals surface area (Å²) in [6, 6.07) is 0. The van der Waals surface area contributed by atoms with Crippen LogP contribution in [0, 0.1) is 5.41 Å². The van der Waals surface area contributed by atoms with Crippen LogP contribution in [-0.2, 0) is 9.53 Å². The first kappa shape index (κ1) is 13.2. The molecule has 0 bridgehead atoms. The monoisotopic (exact) mass is 199 g/mol. The molecule has 0 unspecified atom stereocenters. The van der Waals surface area contributed by atoms with Crippen molar-refractivity contribution in [2.24, 2.45) is 5.41 Å². The molecule has 0 saturated heterocycles. The van der Waals surface area contributed by atoms with E-state index in [1.54, 1.807) is 0 Å². The van der Waals surface area contributed by atoms with Gasteiger partial charge in [0.15, 0.2) is 0 Å². The molecule has 3 nitrogen and oxygen atoms in total. The Morgan fingerprint density at radius 1 is 1.43 bits per heavy atom. The first-order valence-corrected chi connectivity index (χ1v) is 4.95. The number of ether oxygens (including phenoxy) is 1. The summed E-state index contributed by atoms with van der Waals surface area (Å²) in [5, 5.41) is 2.81. The highest BCUT2D eigenvalue weighted by Crippen LogP contribution is 2.11. The molecule has 3 heteroatoms. The Balaban J connectivity index is 3.37. The third kappa shape index (κ3) is 6.66. The second-order valence-corrected chi connectivity index (χ2v) is 4.20. The van der Waals surface area contributed by atoms with Crippen LogP contribution in [0.1, 0.15) is 27.2 Å². The minimum absolute atomic E-state index is 0.0600. The molecule has 0 aliphatic carbocycles. The number of hydrogen-bond donors (Lipinski definition) is 1. The van der Waals surface area contributed by atoms with Crippen LogP contribution in [0.2, 0.25) is 0 Å². The zero-order valence-electron chi connectivity index (χ0n) is 9.43. The van der Waals surface area contributed by atoms with Gasteiger partial charge in [0.1, 0.15) is 0 Å². The fraction of sp³-hybridized carbons (Fsp3) is 0.727. The maximum Gasteiger partial charge on any atom is 0.225 e. The van der Waals surface area contributed by atoms with Gasteiger partial charge in [0, 0.05) is 12.0 Å². The lowest BCUT2D eigenvalue weighted by Crippen LogP contribution is -2.36. The molecule has 0 aliphatic rings. The van der Waals surface area contributed by atoms with Crippen molar-refractivity contribution in [1.82, 2.24) is 5.32 Å². The van der Waals surface area contributed by atoms with Crippen LogP contribution in [0.15, 0.2) is 12.7 Å². The zero-order valence-corrected chi connectivity index (χ0v) is 9.43. The molecular formula is C11H21NO2. The van der Waals surface area contributed by atoms with Gasteiger partial charge in [-0.25, -0.2) is 0 Å². The Morgan fingerprint density at radius 3 is 2.57 bits per heavy atom. The first-order valence-electron chi connectivity index (χ1n) is 4.95. The Morgan fingerprint density at radius 2 is 2.07 bits per heavy atom. The molecule has 1 amide bonds. The molecule has 0 fully saturated rings. The quantitative estimate of drug-likeness (QED) is 0.522. The predicted molar refractivity (Wildman–Crippen MR) is 58.1 cm³/mol. The summed E-state index contributed by atoms with van der Waals surface area (Å²) >= 11 is 0. The highest BCUT2D eigenvalue weighted by Gasteiger charge is 2.19. The van der Waals surface area contributed by atoms with E-state index in [2.05, 4.69) is 11.9 Å². The SMILES string of the molecule is C=CCCOCCNC(=O)C(C)(C)C. The van der Waals surface area contributed by atoms with Gasteiger partial charge in [0.2, 0.25) is 5.91 Å². The van der Waals surface area contributed by atoms with Crippen molar-refractivity contribution in [2.45, 2.75) is 27.2 Å². The fourth-order valence-corrected chi connectivity index (χ4v) is 0.771. The predicted octanol–water partition coefficient (Wildman–Crippen LogP) is 1.74. The number of rotatable bonds is 6. The third-order valence-electron chi connectivity index (χ3n) is 1.68. The zero-order chi connectivity index (χ0) is 11.0. The number of hydrogen-bond acceptors (Lipinski definition) is 2. The molecule has 0 spiro atoms. The maximum atomic E-state index is 11.4.